The molecule has 0 aromatic heterocycles. The van der Waals surface area contributed by atoms with Gasteiger partial charge < -0.3 is 0 Å². The van der Waals surface area contributed by atoms with Crippen LogP contribution < -0.4 is 0 Å². The van der Waals surface area contributed by atoms with Crippen LogP contribution in [0.15, 0.2) is 12.2 Å². The van der Waals surface area contributed by atoms with Gasteiger partial charge in [-0.1, -0.05) is 106 Å². The van der Waals surface area contributed by atoms with E-state index in [1.807, 2.05) is 0 Å². The van der Waals surface area contributed by atoms with Crippen LogP contribution in [0.3, 0.4) is 0 Å². The zero-order chi connectivity index (χ0) is 26.7. The second-order valence-corrected chi connectivity index (χ2v) is 14.5. The van der Waals surface area contributed by atoms with Crippen LogP contribution in [0.2, 0.25) is 0 Å². The molecule has 0 aromatic rings. The van der Waals surface area contributed by atoms with Crippen LogP contribution in [0.4, 0.5) is 0 Å². The minimum atomic E-state index is 0.560. The summed E-state index contributed by atoms with van der Waals surface area (Å²) < 4.78 is 0. The molecule has 37 heavy (non-hydrogen) atoms. The Morgan fingerprint density at radius 3 is 2.05 bits per heavy atom. The maximum atomic E-state index is 3.01. The molecule has 4 aliphatic rings. The standard InChI is InChI=1S/C35H64N2/c1-9-15-30-22-24(3)18-19-34(27(6)31(30)10-2)36-20-21-37(29(36)8)35-26(5)23-25(4)32-16-13-11-12-14-17-33(32)28(35)7/h18-19,24-35H,9-17,20-23H2,1-8H3/b19-18-/t24-,25+,26+,27-,28+,29?,30?,31?,32?,33?,34+,35?/m1/s1. The Bertz CT molecular complexity index is 716. The van der Waals surface area contributed by atoms with Crippen molar-refractivity contribution in [2.75, 3.05) is 13.1 Å². The molecule has 4 rings (SSSR count). The Labute approximate surface area is 232 Å². The van der Waals surface area contributed by atoms with Gasteiger partial charge in [-0.2, -0.15) is 0 Å². The van der Waals surface area contributed by atoms with Crippen LogP contribution in [0.1, 0.15) is 126 Å². The maximum Gasteiger partial charge on any atom is 0.0602 e. The highest BCUT2D eigenvalue weighted by atomic mass is 15.4. The molecule has 0 radical (unpaired) electrons. The molecule has 2 nitrogen and oxygen atoms in total. The fourth-order valence-corrected chi connectivity index (χ4v) is 10.5. The van der Waals surface area contributed by atoms with Crippen molar-refractivity contribution in [1.82, 2.24) is 9.80 Å². The quantitative estimate of drug-likeness (QED) is 0.339. The molecule has 2 heteroatoms. The van der Waals surface area contributed by atoms with Gasteiger partial charge in [-0.05, 0) is 85.9 Å². The lowest BCUT2D eigenvalue weighted by molar-refractivity contribution is 0.0118. The molecule has 12 atom stereocenters. The van der Waals surface area contributed by atoms with E-state index in [0.29, 0.717) is 18.1 Å². The molecule has 1 aliphatic heterocycles. The first-order chi connectivity index (χ1) is 17.8. The van der Waals surface area contributed by atoms with Gasteiger partial charge >= 0.3 is 0 Å². The third kappa shape index (κ3) is 6.37. The lowest BCUT2D eigenvalue weighted by Gasteiger charge is -2.45. The van der Waals surface area contributed by atoms with E-state index < -0.39 is 0 Å². The van der Waals surface area contributed by atoms with Crippen molar-refractivity contribution >= 4 is 0 Å². The minimum Gasteiger partial charge on any atom is -0.283 e. The molecule has 2 saturated carbocycles. The van der Waals surface area contributed by atoms with E-state index in [1.54, 1.807) is 0 Å². The van der Waals surface area contributed by atoms with Crippen molar-refractivity contribution in [3.8, 4) is 0 Å². The van der Waals surface area contributed by atoms with E-state index in [9.17, 15) is 0 Å². The average molecular weight is 513 g/mol. The fourth-order valence-electron chi connectivity index (χ4n) is 10.5. The lowest BCUT2D eigenvalue weighted by atomic mass is 9.70. The summed E-state index contributed by atoms with van der Waals surface area (Å²) in [6, 6.07) is 1.34. The molecule has 3 fully saturated rings. The van der Waals surface area contributed by atoms with Gasteiger partial charge in [0, 0.05) is 25.2 Å². The average Bonchev–Trinajstić information content (AvgIpc) is 3.16. The molecular weight excluding hydrogens is 448 g/mol. The van der Waals surface area contributed by atoms with Gasteiger partial charge in [-0.15, -0.1) is 0 Å². The highest BCUT2D eigenvalue weighted by molar-refractivity contribution is 5.07. The molecular formula is C35H64N2. The van der Waals surface area contributed by atoms with Crippen molar-refractivity contribution in [1.29, 1.82) is 0 Å². The van der Waals surface area contributed by atoms with Crippen LogP contribution >= 0.6 is 0 Å². The largest absolute Gasteiger partial charge is 0.283 e. The SMILES string of the molecule is CCCC1C[C@H](C)/C=C\[C@H](N2CCN(C3[C@@H](C)C4CCCCCCC4[C@@H](C)C[C@@H]3C)C2C)[C@H](C)C1CC. The summed E-state index contributed by atoms with van der Waals surface area (Å²) in [6.07, 6.45) is 21.6. The normalized spacial score (nSPS) is 47.8. The van der Waals surface area contributed by atoms with Crippen LogP contribution in [-0.4, -0.2) is 41.1 Å². The van der Waals surface area contributed by atoms with E-state index in [0.717, 1.165) is 53.4 Å². The summed E-state index contributed by atoms with van der Waals surface area (Å²) in [7, 11) is 0. The number of nitrogens with zero attached hydrogens (tertiary/aromatic N) is 2. The van der Waals surface area contributed by atoms with Crippen molar-refractivity contribution < 1.29 is 0 Å². The summed E-state index contributed by atoms with van der Waals surface area (Å²) in [6.45, 7) is 23.0. The molecule has 6 unspecified atom stereocenters. The van der Waals surface area contributed by atoms with Crippen LogP contribution in [-0.2, 0) is 0 Å². The van der Waals surface area contributed by atoms with Crippen molar-refractivity contribution in [2.45, 2.75) is 144 Å². The van der Waals surface area contributed by atoms with Gasteiger partial charge in [0.2, 0.25) is 0 Å². The Kier molecular flexibility index (Phi) is 10.7. The van der Waals surface area contributed by atoms with Gasteiger partial charge in [0.05, 0.1) is 6.17 Å². The summed E-state index contributed by atoms with van der Waals surface area (Å²) >= 11 is 0. The zero-order valence-electron chi connectivity index (χ0n) is 26.2. The third-order valence-corrected chi connectivity index (χ3v) is 12.3. The van der Waals surface area contributed by atoms with Crippen LogP contribution in [0.25, 0.3) is 0 Å². The molecule has 0 spiro atoms. The molecule has 3 aliphatic carbocycles. The number of hydrogen-bond donors (Lipinski definition) is 0. The Morgan fingerprint density at radius 1 is 0.703 bits per heavy atom. The number of allylic oxidation sites excluding steroid dienone is 1. The topological polar surface area (TPSA) is 6.48 Å². The maximum absolute atomic E-state index is 3.01. The summed E-state index contributed by atoms with van der Waals surface area (Å²) in [4.78, 5) is 5.95. The van der Waals surface area contributed by atoms with E-state index in [2.05, 4.69) is 77.3 Å². The van der Waals surface area contributed by atoms with Gasteiger partial charge in [0.15, 0.2) is 0 Å². The van der Waals surface area contributed by atoms with Crippen LogP contribution in [0, 0.1) is 53.3 Å². The summed E-state index contributed by atoms with van der Waals surface area (Å²) in [5, 5.41) is 0. The van der Waals surface area contributed by atoms with E-state index in [-0.39, 0.29) is 0 Å². The first-order valence-electron chi connectivity index (χ1n) is 17.0. The smallest absolute Gasteiger partial charge is 0.0602 e. The Balaban J connectivity index is 1.56. The predicted octanol–water partition coefficient (Wildman–Crippen LogP) is 9.26. The second kappa shape index (κ2) is 13.3. The van der Waals surface area contributed by atoms with Gasteiger partial charge in [-0.3, -0.25) is 9.80 Å². The molecule has 0 amide bonds. The van der Waals surface area contributed by atoms with Gasteiger partial charge in [0.25, 0.3) is 0 Å². The number of hydrogen-bond acceptors (Lipinski definition) is 2. The molecule has 1 heterocycles. The Morgan fingerprint density at radius 2 is 1.38 bits per heavy atom. The van der Waals surface area contributed by atoms with E-state index in [4.69, 9.17) is 0 Å². The molecule has 0 bridgehead atoms. The van der Waals surface area contributed by atoms with E-state index >= 15 is 0 Å². The monoisotopic (exact) mass is 513 g/mol. The summed E-state index contributed by atoms with van der Waals surface area (Å²) in [5.41, 5.74) is 0. The summed E-state index contributed by atoms with van der Waals surface area (Å²) in [5.74, 6) is 7.64. The first kappa shape index (κ1) is 29.6. The van der Waals surface area contributed by atoms with Crippen molar-refractivity contribution in [3.05, 3.63) is 12.2 Å². The van der Waals surface area contributed by atoms with Gasteiger partial charge in [-0.25, -0.2) is 0 Å². The number of rotatable bonds is 5. The molecule has 0 aromatic carbocycles. The molecule has 0 N–H and O–H groups in total. The predicted molar refractivity (Wildman–Crippen MR) is 162 cm³/mol. The lowest BCUT2D eigenvalue weighted by Crippen LogP contribution is -2.52. The zero-order valence-corrected chi connectivity index (χ0v) is 26.2. The van der Waals surface area contributed by atoms with Gasteiger partial charge in [0.1, 0.15) is 0 Å². The first-order valence-corrected chi connectivity index (χ1v) is 17.0. The van der Waals surface area contributed by atoms with Crippen LogP contribution in [0.5, 0.6) is 0 Å². The van der Waals surface area contributed by atoms with Crippen molar-refractivity contribution in [3.63, 3.8) is 0 Å². The molecule has 214 valence electrons. The van der Waals surface area contributed by atoms with E-state index in [1.165, 1.54) is 83.7 Å². The highest BCUT2D eigenvalue weighted by Gasteiger charge is 2.47. The highest BCUT2D eigenvalue weighted by Crippen LogP contribution is 2.48. The number of fused-ring (bicyclic) bond motifs is 1. The second-order valence-electron chi connectivity index (χ2n) is 14.5. The molecule has 1 saturated heterocycles. The van der Waals surface area contributed by atoms with Crippen molar-refractivity contribution in [2.24, 2.45) is 53.3 Å². The fraction of sp³-hybridized carbons (Fsp3) is 0.943. The Hall–Kier alpha value is -0.340. The third-order valence-electron chi connectivity index (χ3n) is 12.3. The minimum absolute atomic E-state index is 0.560.